The summed E-state index contributed by atoms with van der Waals surface area (Å²) in [6, 6.07) is 13.2. The van der Waals surface area contributed by atoms with Crippen molar-refractivity contribution in [3.8, 4) is 0 Å². The number of sulfonamides is 1. The van der Waals surface area contributed by atoms with Crippen LogP contribution in [0.3, 0.4) is 0 Å². The molecule has 2 amide bonds. The third-order valence-electron chi connectivity index (χ3n) is 7.34. The van der Waals surface area contributed by atoms with Crippen molar-refractivity contribution in [2.45, 2.75) is 91.3 Å². The van der Waals surface area contributed by atoms with E-state index in [2.05, 4.69) is 5.32 Å². The molecular weight excluding hydrogens is 498 g/mol. The summed E-state index contributed by atoms with van der Waals surface area (Å²) < 4.78 is 26.7. The largest absolute Gasteiger partial charge is 0.352 e. The molecule has 3 rings (SSSR count). The zero-order valence-corrected chi connectivity index (χ0v) is 24.3. The highest BCUT2D eigenvalue weighted by atomic mass is 32.2. The molecule has 2 aromatic rings. The van der Waals surface area contributed by atoms with E-state index in [1.807, 2.05) is 63.2 Å². The van der Waals surface area contributed by atoms with Crippen molar-refractivity contribution in [3.63, 3.8) is 0 Å². The highest BCUT2D eigenvalue weighted by Crippen LogP contribution is 2.25. The van der Waals surface area contributed by atoms with Crippen molar-refractivity contribution >= 4 is 27.5 Å². The minimum absolute atomic E-state index is 0.133. The molecule has 0 spiro atoms. The molecule has 1 aliphatic rings. The van der Waals surface area contributed by atoms with Crippen LogP contribution in [0.15, 0.2) is 42.5 Å². The topological polar surface area (TPSA) is 86.8 Å². The van der Waals surface area contributed by atoms with Gasteiger partial charge < -0.3 is 10.2 Å². The molecule has 1 fully saturated rings. The van der Waals surface area contributed by atoms with Gasteiger partial charge in [-0.15, -0.1) is 0 Å². The van der Waals surface area contributed by atoms with Crippen LogP contribution in [0.25, 0.3) is 0 Å². The number of nitrogens with one attached hydrogen (secondary N) is 1. The Morgan fingerprint density at radius 1 is 1.00 bits per heavy atom. The molecule has 38 heavy (non-hydrogen) atoms. The molecule has 1 N–H and O–H groups in total. The molecule has 0 saturated heterocycles. The van der Waals surface area contributed by atoms with Gasteiger partial charge in [0.25, 0.3) is 0 Å². The van der Waals surface area contributed by atoms with Crippen LogP contribution >= 0.6 is 0 Å². The molecule has 208 valence electrons. The molecule has 0 radical (unpaired) electrons. The lowest BCUT2D eigenvalue weighted by molar-refractivity contribution is -0.141. The summed E-state index contributed by atoms with van der Waals surface area (Å²) in [6.45, 7) is 8.11. The molecule has 1 aliphatic carbocycles. The second-order valence-corrected chi connectivity index (χ2v) is 12.7. The van der Waals surface area contributed by atoms with Crippen molar-refractivity contribution in [2.75, 3.05) is 17.1 Å². The van der Waals surface area contributed by atoms with Crippen molar-refractivity contribution < 1.29 is 18.0 Å². The predicted octanol–water partition coefficient (Wildman–Crippen LogP) is 5.02. The van der Waals surface area contributed by atoms with Crippen molar-refractivity contribution in [1.29, 1.82) is 0 Å². The van der Waals surface area contributed by atoms with Gasteiger partial charge in [-0.2, -0.15) is 0 Å². The molecule has 2 aromatic carbocycles. The van der Waals surface area contributed by atoms with E-state index in [0.717, 1.165) is 47.9 Å². The van der Waals surface area contributed by atoms with E-state index in [4.69, 9.17) is 0 Å². The van der Waals surface area contributed by atoms with Gasteiger partial charge in [-0.3, -0.25) is 13.9 Å². The molecule has 0 aromatic heterocycles. The molecule has 0 heterocycles. The van der Waals surface area contributed by atoms with Crippen LogP contribution in [0.4, 0.5) is 5.69 Å². The van der Waals surface area contributed by atoms with E-state index in [9.17, 15) is 18.0 Å². The fraction of sp³-hybridized carbons (Fsp3) is 0.533. The third kappa shape index (κ3) is 8.32. The maximum atomic E-state index is 13.5. The van der Waals surface area contributed by atoms with Crippen LogP contribution in [-0.2, 0) is 26.2 Å². The monoisotopic (exact) mass is 541 g/mol. The Kier molecular flexibility index (Phi) is 10.4. The Labute approximate surface area is 228 Å². The Bertz CT molecular complexity index is 1220. The maximum Gasteiger partial charge on any atom is 0.242 e. The van der Waals surface area contributed by atoms with Crippen LogP contribution in [0.1, 0.15) is 74.1 Å². The number of hydrogen-bond acceptors (Lipinski definition) is 4. The van der Waals surface area contributed by atoms with Crippen molar-refractivity contribution in [2.24, 2.45) is 0 Å². The standard InChI is InChI=1S/C30H43N3O4S/c1-22-11-9-12-26(19-22)21-32(25(4)30(35)31-27-13-7-6-8-14-27)29(34)15-10-18-33(38(5,36)37)28-20-23(2)16-17-24(28)3/h9,11-12,16-17,19-20,25,27H,6-8,10,13-15,18,21H2,1-5H3,(H,31,35). The fourth-order valence-corrected chi connectivity index (χ4v) is 6.14. The molecule has 1 atom stereocenters. The lowest BCUT2D eigenvalue weighted by atomic mass is 9.95. The predicted molar refractivity (Wildman–Crippen MR) is 154 cm³/mol. The van der Waals surface area contributed by atoms with E-state index in [1.165, 1.54) is 17.0 Å². The van der Waals surface area contributed by atoms with E-state index in [0.29, 0.717) is 18.7 Å². The summed E-state index contributed by atoms with van der Waals surface area (Å²) >= 11 is 0. The van der Waals surface area contributed by atoms with Gasteiger partial charge >= 0.3 is 0 Å². The number of carbonyl (C=O) groups excluding carboxylic acids is 2. The van der Waals surface area contributed by atoms with Gasteiger partial charge in [0, 0.05) is 25.6 Å². The van der Waals surface area contributed by atoms with Crippen molar-refractivity contribution in [3.05, 3.63) is 64.7 Å². The normalized spacial score (nSPS) is 15.1. The zero-order valence-electron chi connectivity index (χ0n) is 23.5. The van der Waals surface area contributed by atoms with Crippen LogP contribution in [-0.4, -0.2) is 50.0 Å². The van der Waals surface area contributed by atoms with Gasteiger partial charge in [0.05, 0.1) is 11.9 Å². The van der Waals surface area contributed by atoms with Gasteiger partial charge in [-0.1, -0.05) is 61.2 Å². The molecule has 1 unspecified atom stereocenters. The highest BCUT2D eigenvalue weighted by molar-refractivity contribution is 7.92. The number of amides is 2. The quantitative estimate of drug-likeness (QED) is 0.433. The first kappa shape index (κ1) is 29.7. The Morgan fingerprint density at radius 3 is 2.34 bits per heavy atom. The van der Waals surface area contributed by atoms with Crippen LogP contribution in [0.2, 0.25) is 0 Å². The second-order valence-electron chi connectivity index (χ2n) is 10.8. The lowest BCUT2D eigenvalue weighted by Gasteiger charge is -2.31. The summed E-state index contributed by atoms with van der Waals surface area (Å²) in [6.07, 6.45) is 7.06. The number of aryl methyl sites for hydroxylation is 3. The van der Waals surface area contributed by atoms with E-state index in [-0.39, 0.29) is 30.8 Å². The second kappa shape index (κ2) is 13.3. The minimum Gasteiger partial charge on any atom is -0.352 e. The number of hydrogen-bond donors (Lipinski definition) is 1. The number of benzene rings is 2. The Morgan fingerprint density at radius 2 is 1.68 bits per heavy atom. The molecule has 0 bridgehead atoms. The number of nitrogens with zero attached hydrogens (tertiary/aromatic N) is 2. The van der Waals surface area contributed by atoms with E-state index in [1.54, 1.807) is 11.8 Å². The third-order valence-corrected chi connectivity index (χ3v) is 8.52. The Balaban J connectivity index is 1.74. The molecule has 7 nitrogen and oxygen atoms in total. The first-order chi connectivity index (χ1) is 18.0. The van der Waals surface area contributed by atoms with Crippen LogP contribution in [0.5, 0.6) is 0 Å². The van der Waals surface area contributed by atoms with Gasteiger partial charge in [-0.05, 0) is 69.7 Å². The van der Waals surface area contributed by atoms with Gasteiger partial charge in [0.1, 0.15) is 6.04 Å². The van der Waals surface area contributed by atoms with Crippen molar-refractivity contribution in [1.82, 2.24) is 10.2 Å². The summed E-state index contributed by atoms with van der Waals surface area (Å²) in [5.74, 6) is -0.293. The zero-order chi connectivity index (χ0) is 27.9. The van der Waals surface area contributed by atoms with Gasteiger partial charge in [0.2, 0.25) is 21.8 Å². The maximum absolute atomic E-state index is 13.5. The number of anilines is 1. The van der Waals surface area contributed by atoms with Gasteiger partial charge in [-0.25, -0.2) is 8.42 Å². The number of carbonyl (C=O) groups is 2. The average Bonchev–Trinajstić information content (AvgIpc) is 2.86. The smallest absolute Gasteiger partial charge is 0.242 e. The summed E-state index contributed by atoms with van der Waals surface area (Å²) in [5.41, 5.74) is 4.52. The number of rotatable bonds is 11. The van der Waals surface area contributed by atoms with Gasteiger partial charge in [0.15, 0.2) is 0 Å². The fourth-order valence-electron chi connectivity index (χ4n) is 5.13. The first-order valence-corrected chi connectivity index (χ1v) is 15.5. The molecule has 8 heteroatoms. The summed E-state index contributed by atoms with van der Waals surface area (Å²) in [7, 11) is -3.53. The minimum atomic E-state index is -3.53. The Hall–Kier alpha value is -2.87. The summed E-state index contributed by atoms with van der Waals surface area (Å²) in [4.78, 5) is 28.4. The molecule has 1 saturated carbocycles. The average molecular weight is 542 g/mol. The summed E-state index contributed by atoms with van der Waals surface area (Å²) in [5, 5.41) is 3.16. The van der Waals surface area contributed by atoms with Crippen LogP contribution in [0, 0.1) is 20.8 Å². The highest BCUT2D eigenvalue weighted by Gasteiger charge is 2.28. The molecular formula is C30H43N3O4S. The van der Waals surface area contributed by atoms with Crippen LogP contribution < -0.4 is 9.62 Å². The lowest BCUT2D eigenvalue weighted by Crippen LogP contribution is -2.50. The SMILES string of the molecule is Cc1cccc(CN(C(=O)CCCN(c2cc(C)ccc2C)S(C)(=O)=O)C(C)C(=O)NC2CCCCC2)c1. The van der Waals surface area contributed by atoms with E-state index < -0.39 is 16.1 Å². The van der Waals surface area contributed by atoms with E-state index >= 15 is 0 Å². The first-order valence-electron chi connectivity index (χ1n) is 13.7. The molecule has 0 aliphatic heterocycles.